The highest BCUT2D eigenvalue weighted by atomic mass is 16.3. The van der Waals surface area contributed by atoms with Crippen LogP contribution in [0.15, 0.2) is 72.9 Å². The topological polar surface area (TPSA) is 57.5 Å². The number of carbonyl (C=O) groups excluding carboxylic acids is 1. The molecule has 266 valence electrons. The number of unbranched alkanes of at least 4 members (excludes halogenated alkanes) is 18. The predicted molar refractivity (Wildman–Crippen MR) is 211 cm³/mol. The lowest BCUT2D eigenvalue weighted by Gasteiger charge is -2.02. The fourth-order valence-corrected chi connectivity index (χ4v) is 4.88. The van der Waals surface area contributed by atoms with Gasteiger partial charge in [0.15, 0.2) is 6.10 Å². The lowest BCUT2D eigenvalue weighted by atomic mass is 10.0. The Balaban J connectivity index is 3.56. The summed E-state index contributed by atoms with van der Waals surface area (Å²) < 4.78 is 0. The van der Waals surface area contributed by atoms with Gasteiger partial charge in [0, 0.05) is 6.42 Å². The molecule has 2 unspecified atom stereocenters. The van der Waals surface area contributed by atoms with Crippen LogP contribution in [-0.2, 0) is 4.79 Å². The molecule has 0 amide bonds. The molecule has 0 radical (unpaired) electrons. The standard InChI is InChI=1S/C46H64O3/c1-3-44(47)40-36-32-28-24-20-16-12-10-8-6-5-7-9-11-13-18-22-26-30-34-38-42-46(49)43-39-35-31-27-23-19-15-14-17-21-25-29-33-37-41-45(48)4-2/h1-2,13,18,21,23,25,27,30,34,36-37,40-41,44,46-47,49H,5-12,14-17,19-20,22,24,26,28-29,31-33,35H2/b18-13-,25-21-,27-23-,34-30+,40-36+,41-37+. The van der Waals surface area contributed by atoms with Crippen molar-refractivity contribution in [2.45, 2.75) is 160 Å². The minimum atomic E-state index is -0.894. The number of aliphatic hydroxyl groups is 2. The number of hydrogen-bond donors (Lipinski definition) is 2. The Labute approximate surface area is 301 Å². The van der Waals surface area contributed by atoms with Crippen LogP contribution in [0.4, 0.5) is 0 Å². The fraction of sp³-hybridized carbons (Fsp3) is 0.543. The molecular formula is C46H64O3. The molecule has 0 aliphatic rings. The lowest BCUT2D eigenvalue weighted by molar-refractivity contribution is -0.109. The molecule has 0 saturated heterocycles. The molecule has 0 rings (SSSR count). The van der Waals surface area contributed by atoms with Crippen LogP contribution in [0.5, 0.6) is 0 Å². The van der Waals surface area contributed by atoms with E-state index in [0.29, 0.717) is 0 Å². The second-order valence-corrected chi connectivity index (χ2v) is 12.2. The lowest BCUT2D eigenvalue weighted by Crippen LogP contribution is -1.96. The van der Waals surface area contributed by atoms with Crippen molar-refractivity contribution in [1.82, 2.24) is 0 Å². The smallest absolute Gasteiger partial charge is 0.228 e. The van der Waals surface area contributed by atoms with Gasteiger partial charge in [-0.05, 0) is 108 Å². The van der Waals surface area contributed by atoms with Gasteiger partial charge in [0.2, 0.25) is 5.78 Å². The predicted octanol–water partition coefficient (Wildman–Crippen LogP) is 10.9. The number of terminal acetylenes is 2. The highest BCUT2D eigenvalue weighted by Crippen LogP contribution is 2.13. The molecule has 0 aliphatic heterocycles. The highest BCUT2D eigenvalue weighted by Gasteiger charge is 1.94. The number of rotatable bonds is 29. The number of hydrogen-bond acceptors (Lipinski definition) is 3. The first-order chi connectivity index (χ1) is 24.1. The molecule has 0 aromatic carbocycles. The fourth-order valence-electron chi connectivity index (χ4n) is 4.88. The Bertz CT molecular complexity index is 1190. The minimum Gasteiger partial charge on any atom is -0.377 e. The second-order valence-electron chi connectivity index (χ2n) is 12.2. The van der Waals surface area contributed by atoms with Crippen molar-refractivity contribution in [3.8, 4) is 48.4 Å². The molecule has 3 heteroatoms. The summed E-state index contributed by atoms with van der Waals surface area (Å²) in [5.41, 5.74) is 0. The Kier molecular flexibility index (Phi) is 35.8. The quantitative estimate of drug-likeness (QED) is 0.0275. The average molecular weight is 665 g/mol. The van der Waals surface area contributed by atoms with Crippen molar-refractivity contribution < 1.29 is 15.0 Å². The summed E-state index contributed by atoms with van der Waals surface area (Å²) in [6, 6.07) is 0. The van der Waals surface area contributed by atoms with E-state index in [2.05, 4.69) is 78.1 Å². The van der Waals surface area contributed by atoms with Crippen molar-refractivity contribution in [3.63, 3.8) is 0 Å². The summed E-state index contributed by atoms with van der Waals surface area (Å²) in [6.45, 7) is 0. The van der Waals surface area contributed by atoms with E-state index in [0.717, 1.165) is 70.6 Å². The van der Waals surface area contributed by atoms with E-state index in [1.54, 1.807) is 6.08 Å². The third-order valence-corrected chi connectivity index (χ3v) is 7.73. The van der Waals surface area contributed by atoms with E-state index >= 15 is 0 Å². The number of carbonyl (C=O) groups is 1. The van der Waals surface area contributed by atoms with Gasteiger partial charge >= 0.3 is 0 Å². The van der Waals surface area contributed by atoms with Crippen molar-refractivity contribution in [2.24, 2.45) is 0 Å². The van der Waals surface area contributed by atoms with Crippen LogP contribution in [0.2, 0.25) is 0 Å². The number of allylic oxidation sites excluding steroid dienone is 11. The van der Waals surface area contributed by atoms with Gasteiger partial charge in [-0.1, -0.05) is 142 Å². The first-order valence-electron chi connectivity index (χ1n) is 18.9. The van der Waals surface area contributed by atoms with Gasteiger partial charge < -0.3 is 10.2 Å². The summed E-state index contributed by atoms with van der Waals surface area (Å²) in [4.78, 5) is 10.9. The third kappa shape index (κ3) is 38.6. The minimum absolute atomic E-state index is 0.274. The van der Waals surface area contributed by atoms with Gasteiger partial charge in [-0.2, -0.15) is 0 Å². The molecule has 0 heterocycles. The van der Waals surface area contributed by atoms with E-state index in [4.69, 9.17) is 12.8 Å². The summed E-state index contributed by atoms with van der Waals surface area (Å²) >= 11 is 0. The summed E-state index contributed by atoms with van der Waals surface area (Å²) in [5.74, 6) is 15.6. The zero-order valence-electron chi connectivity index (χ0n) is 30.3. The van der Waals surface area contributed by atoms with Crippen LogP contribution in [0.25, 0.3) is 0 Å². The van der Waals surface area contributed by atoms with E-state index in [1.165, 1.54) is 83.1 Å². The molecule has 49 heavy (non-hydrogen) atoms. The molecule has 0 bridgehead atoms. The van der Waals surface area contributed by atoms with Crippen LogP contribution in [0, 0.1) is 48.4 Å². The zero-order chi connectivity index (χ0) is 35.7. The molecule has 3 nitrogen and oxygen atoms in total. The van der Waals surface area contributed by atoms with Crippen LogP contribution >= 0.6 is 0 Å². The van der Waals surface area contributed by atoms with Crippen LogP contribution in [0.3, 0.4) is 0 Å². The monoisotopic (exact) mass is 664 g/mol. The Hall–Kier alpha value is -3.73. The van der Waals surface area contributed by atoms with E-state index < -0.39 is 12.2 Å². The van der Waals surface area contributed by atoms with Gasteiger partial charge in [0.1, 0.15) is 6.10 Å². The van der Waals surface area contributed by atoms with Gasteiger partial charge in [-0.3, -0.25) is 4.79 Å². The van der Waals surface area contributed by atoms with Gasteiger partial charge in [-0.25, -0.2) is 0 Å². The molecule has 0 spiro atoms. The average Bonchev–Trinajstić information content (AvgIpc) is 3.11. The maximum atomic E-state index is 10.9. The molecule has 0 aromatic rings. The van der Waals surface area contributed by atoms with Gasteiger partial charge in [0.25, 0.3) is 0 Å². The zero-order valence-corrected chi connectivity index (χ0v) is 30.3. The molecular weight excluding hydrogens is 601 g/mol. The Morgan fingerprint density at radius 1 is 0.531 bits per heavy atom. The van der Waals surface area contributed by atoms with E-state index in [9.17, 15) is 15.0 Å². The van der Waals surface area contributed by atoms with Crippen LogP contribution < -0.4 is 0 Å². The normalized spacial score (nSPS) is 12.8. The first-order valence-corrected chi connectivity index (χ1v) is 18.9. The largest absolute Gasteiger partial charge is 0.377 e. The molecule has 2 N–H and O–H groups in total. The van der Waals surface area contributed by atoms with Crippen LogP contribution in [0.1, 0.15) is 148 Å². The molecule has 2 atom stereocenters. The third-order valence-electron chi connectivity index (χ3n) is 7.73. The van der Waals surface area contributed by atoms with E-state index in [-0.39, 0.29) is 5.78 Å². The summed E-state index contributed by atoms with van der Waals surface area (Å²) in [6.07, 6.45) is 59.1. The van der Waals surface area contributed by atoms with Gasteiger partial charge in [-0.15, -0.1) is 12.8 Å². The van der Waals surface area contributed by atoms with Gasteiger partial charge in [0.05, 0.1) is 0 Å². The van der Waals surface area contributed by atoms with Crippen molar-refractivity contribution in [2.75, 3.05) is 0 Å². The first kappa shape index (κ1) is 45.3. The Morgan fingerprint density at radius 3 is 1.53 bits per heavy atom. The maximum absolute atomic E-state index is 10.9. The molecule has 0 fully saturated rings. The second kappa shape index (κ2) is 38.7. The van der Waals surface area contributed by atoms with Crippen molar-refractivity contribution in [3.05, 3.63) is 72.9 Å². The summed E-state index contributed by atoms with van der Waals surface area (Å²) in [5, 5.41) is 19.2. The summed E-state index contributed by atoms with van der Waals surface area (Å²) in [7, 11) is 0. The van der Waals surface area contributed by atoms with E-state index in [1.807, 2.05) is 18.2 Å². The number of ketones is 1. The maximum Gasteiger partial charge on any atom is 0.228 e. The molecule has 0 aliphatic carbocycles. The molecule has 0 saturated carbocycles. The van der Waals surface area contributed by atoms with Crippen molar-refractivity contribution >= 4 is 5.78 Å². The highest BCUT2D eigenvalue weighted by molar-refractivity contribution is 6.03. The van der Waals surface area contributed by atoms with Crippen molar-refractivity contribution in [1.29, 1.82) is 0 Å². The van der Waals surface area contributed by atoms with Crippen LogP contribution in [-0.4, -0.2) is 28.2 Å². The Morgan fingerprint density at radius 2 is 0.980 bits per heavy atom. The number of aliphatic hydroxyl groups excluding tert-OH is 2. The SMILES string of the molecule is C#CC(=O)/C=C/CC/C=C\CCCC/C=C\CCC#CC(O)C#C/C=C/CC/C=C\CCCCCCCCCCCCC/C=C/C(O)C#C. The molecule has 0 aromatic heterocycles.